The van der Waals surface area contributed by atoms with Crippen LogP contribution in [0, 0.1) is 20.2 Å². The number of carbonyl (C=O) groups is 2. The van der Waals surface area contributed by atoms with Crippen LogP contribution in [0.1, 0.15) is 80.5 Å². The Labute approximate surface area is 369 Å². The maximum Gasteiger partial charge on any atom is 0.286 e. The van der Waals surface area contributed by atoms with Gasteiger partial charge in [-0.2, -0.15) is 0 Å². The monoisotopic (exact) mass is 940 g/mol. The molecule has 2 saturated heterocycles. The molecule has 0 unspecified atom stereocenters. The van der Waals surface area contributed by atoms with E-state index in [1.165, 1.54) is 61.3 Å². The standard InChI is InChI=1S/C39H52F4N4O10S4/c1-7-58-36(59-8-2)28-20-38(40,41)22-44(28)34(48)24-16-30(54-5)32(18-26(24)46(50)51)56-14-12-11-13-15-57-33-19-27(47(52)53)25(17-31(33)55-6)35(49)45-23-39(42,43)21-29(45)37(60-9-3)61-10-4/h16-19,28-29,36-37H,7-15,20-23H2,1-6H3/t28-,29-/m0/s1. The number of ether oxygens (including phenoxy) is 4. The second-order valence-electron chi connectivity index (χ2n) is 14.0. The first-order valence-electron chi connectivity index (χ1n) is 19.8. The number of benzene rings is 2. The Balaban J connectivity index is 1.41. The fourth-order valence-electron chi connectivity index (χ4n) is 7.17. The van der Waals surface area contributed by atoms with Crippen molar-refractivity contribution in [1.82, 2.24) is 9.80 Å². The van der Waals surface area contributed by atoms with Crippen molar-refractivity contribution in [2.45, 2.75) is 92.9 Å². The summed E-state index contributed by atoms with van der Waals surface area (Å²) >= 11 is 5.79. The minimum absolute atomic E-state index is 0.00584. The zero-order valence-corrected chi connectivity index (χ0v) is 38.1. The molecule has 0 saturated carbocycles. The molecular weight excluding hydrogens is 889 g/mol. The molecule has 0 aromatic heterocycles. The molecule has 2 amide bonds. The van der Waals surface area contributed by atoms with Crippen molar-refractivity contribution < 1.29 is 55.9 Å². The van der Waals surface area contributed by atoms with Gasteiger partial charge in [-0.1, -0.05) is 27.7 Å². The Hall–Kier alpha value is -3.50. The van der Waals surface area contributed by atoms with Crippen LogP contribution < -0.4 is 18.9 Å². The van der Waals surface area contributed by atoms with Crippen LogP contribution in [-0.4, -0.2) is 128 Å². The highest BCUT2D eigenvalue weighted by Crippen LogP contribution is 2.45. The van der Waals surface area contributed by atoms with Gasteiger partial charge in [0.15, 0.2) is 23.0 Å². The number of hydrogen-bond acceptors (Lipinski definition) is 14. The average Bonchev–Trinajstić information content (AvgIpc) is 3.73. The summed E-state index contributed by atoms with van der Waals surface area (Å²) in [5.74, 6) is -5.59. The van der Waals surface area contributed by atoms with Crippen LogP contribution in [-0.2, 0) is 0 Å². The van der Waals surface area contributed by atoms with Gasteiger partial charge in [-0.3, -0.25) is 29.8 Å². The fourth-order valence-corrected chi connectivity index (χ4v) is 12.7. The molecule has 22 heteroatoms. The smallest absolute Gasteiger partial charge is 0.286 e. The third-order valence-corrected chi connectivity index (χ3v) is 15.4. The molecule has 340 valence electrons. The second kappa shape index (κ2) is 22.7. The number of alkyl halides is 4. The summed E-state index contributed by atoms with van der Waals surface area (Å²) in [6, 6.07) is 2.69. The van der Waals surface area contributed by atoms with Crippen LogP contribution in [0.4, 0.5) is 28.9 Å². The van der Waals surface area contributed by atoms with Crippen LogP contribution in [0.15, 0.2) is 24.3 Å². The van der Waals surface area contributed by atoms with Crippen molar-refractivity contribution >= 4 is 70.2 Å². The summed E-state index contributed by atoms with van der Waals surface area (Å²) in [6.45, 7) is 5.96. The maximum atomic E-state index is 14.8. The molecule has 0 aliphatic carbocycles. The predicted octanol–water partition coefficient (Wildman–Crippen LogP) is 9.51. The van der Waals surface area contributed by atoms with Gasteiger partial charge in [0.1, 0.15) is 11.1 Å². The lowest BCUT2D eigenvalue weighted by Gasteiger charge is -2.30. The van der Waals surface area contributed by atoms with E-state index in [1.807, 2.05) is 27.7 Å². The molecule has 4 rings (SSSR count). The van der Waals surface area contributed by atoms with E-state index in [0.717, 1.165) is 34.1 Å². The fraction of sp³-hybridized carbons (Fsp3) is 0.641. The van der Waals surface area contributed by atoms with E-state index in [1.54, 1.807) is 0 Å². The number of hydrogen-bond donors (Lipinski definition) is 0. The van der Waals surface area contributed by atoms with Gasteiger partial charge < -0.3 is 28.7 Å². The average molecular weight is 941 g/mol. The van der Waals surface area contributed by atoms with Crippen LogP contribution >= 0.6 is 47.0 Å². The van der Waals surface area contributed by atoms with E-state index in [4.69, 9.17) is 18.9 Å². The quantitative estimate of drug-likeness (QED) is 0.0321. The summed E-state index contributed by atoms with van der Waals surface area (Å²) in [5, 5.41) is 24.4. The van der Waals surface area contributed by atoms with Gasteiger partial charge in [-0.25, -0.2) is 17.6 Å². The number of carbonyl (C=O) groups excluding carboxylic acids is 2. The number of halogens is 4. The molecule has 0 N–H and O–H groups in total. The number of thioether (sulfide) groups is 4. The highest BCUT2D eigenvalue weighted by molar-refractivity contribution is 8.17. The molecule has 0 spiro atoms. The van der Waals surface area contributed by atoms with E-state index in [0.29, 0.717) is 42.3 Å². The van der Waals surface area contributed by atoms with Gasteiger partial charge in [0.25, 0.3) is 35.0 Å². The number of rotatable bonds is 24. The Kier molecular flexibility index (Phi) is 18.7. The summed E-state index contributed by atoms with van der Waals surface area (Å²) in [4.78, 5) is 52.5. The molecule has 2 heterocycles. The van der Waals surface area contributed by atoms with Crippen LogP contribution in [0.5, 0.6) is 23.0 Å². The largest absolute Gasteiger partial charge is 0.493 e. The lowest BCUT2D eigenvalue weighted by Crippen LogP contribution is -2.41. The van der Waals surface area contributed by atoms with E-state index in [2.05, 4.69) is 0 Å². The number of nitro groups is 2. The van der Waals surface area contributed by atoms with Crippen molar-refractivity contribution in [3.05, 3.63) is 55.6 Å². The Morgan fingerprint density at radius 3 is 1.30 bits per heavy atom. The molecule has 2 atom stereocenters. The number of nitro benzene ring substituents is 2. The number of methoxy groups -OCH3 is 2. The Morgan fingerprint density at radius 2 is 1.00 bits per heavy atom. The zero-order valence-electron chi connectivity index (χ0n) is 34.8. The normalized spacial score (nSPS) is 18.2. The van der Waals surface area contributed by atoms with Crippen molar-refractivity contribution in [2.24, 2.45) is 0 Å². The molecule has 14 nitrogen and oxygen atoms in total. The van der Waals surface area contributed by atoms with Gasteiger partial charge in [-0.15, -0.1) is 47.0 Å². The van der Waals surface area contributed by atoms with Crippen molar-refractivity contribution in [2.75, 3.05) is 63.5 Å². The third kappa shape index (κ3) is 12.8. The summed E-state index contributed by atoms with van der Waals surface area (Å²) < 4.78 is 80.8. The lowest BCUT2D eigenvalue weighted by atomic mass is 10.1. The van der Waals surface area contributed by atoms with Gasteiger partial charge in [0.05, 0.1) is 83.7 Å². The number of nitrogens with zero attached hydrogens (tertiary/aromatic N) is 4. The summed E-state index contributed by atoms with van der Waals surface area (Å²) in [5.41, 5.74) is -2.02. The van der Waals surface area contributed by atoms with Gasteiger partial charge in [0.2, 0.25) is 0 Å². The third-order valence-electron chi connectivity index (χ3n) is 9.82. The first-order valence-corrected chi connectivity index (χ1v) is 24.0. The summed E-state index contributed by atoms with van der Waals surface area (Å²) in [7, 11) is 2.57. The highest BCUT2D eigenvalue weighted by Gasteiger charge is 2.52. The molecule has 2 aromatic carbocycles. The van der Waals surface area contributed by atoms with Crippen molar-refractivity contribution in [1.29, 1.82) is 0 Å². The van der Waals surface area contributed by atoms with Crippen molar-refractivity contribution in [3.8, 4) is 23.0 Å². The van der Waals surface area contributed by atoms with Crippen LogP contribution in [0.3, 0.4) is 0 Å². The molecule has 0 bridgehead atoms. The molecule has 2 fully saturated rings. The molecular formula is C39H52F4N4O10S4. The predicted molar refractivity (Wildman–Crippen MR) is 233 cm³/mol. The van der Waals surface area contributed by atoms with Crippen molar-refractivity contribution in [3.63, 3.8) is 0 Å². The molecule has 2 aliphatic heterocycles. The molecule has 2 aromatic rings. The van der Waals surface area contributed by atoms with E-state index in [-0.39, 0.29) is 45.4 Å². The minimum Gasteiger partial charge on any atom is -0.493 e. The SMILES string of the molecule is CCSC(SCC)[C@@H]1CC(F)(F)CN1C(=O)c1cc(OC)c(OCCCCCOc2cc([N+](=O)[O-])c(C(=O)N3CC(F)(F)C[C@H]3C(SCC)SCC)cc2OC)cc1[N+](=O)[O-]. The van der Waals surface area contributed by atoms with E-state index >= 15 is 0 Å². The first kappa shape index (κ1) is 50.1. The van der Waals surface area contributed by atoms with E-state index in [9.17, 15) is 47.4 Å². The highest BCUT2D eigenvalue weighted by atomic mass is 32.2. The van der Waals surface area contributed by atoms with Gasteiger partial charge in [-0.05, 0) is 42.3 Å². The van der Waals surface area contributed by atoms with Gasteiger partial charge in [0, 0.05) is 25.0 Å². The van der Waals surface area contributed by atoms with Crippen LogP contribution in [0.2, 0.25) is 0 Å². The second-order valence-corrected chi connectivity index (χ2v) is 20.3. The number of unbranched alkanes of at least 4 members (excludes halogenated alkanes) is 2. The summed E-state index contributed by atoms with van der Waals surface area (Å²) in [6.07, 6.45) is 0.221. The van der Waals surface area contributed by atoms with E-state index < -0.39 is 94.0 Å². The topological polar surface area (TPSA) is 164 Å². The first-order chi connectivity index (χ1) is 29.0. The molecule has 2 aliphatic rings. The maximum absolute atomic E-state index is 14.8. The molecule has 0 radical (unpaired) electrons. The van der Waals surface area contributed by atoms with Crippen LogP contribution in [0.25, 0.3) is 0 Å². The lowest BCUT2D eigenvalue weighted by molar-refractivity contribution is -0.385. The zero-order chi connectivity index (χ0) is 45.1. The van der Waals surface area contributed by atoms with Gasteiger partial charge >= 0.3 is 0 Å². The Morgan fingerprint density at radius 1 is 0.656 bits per heavy atom. The Bertz CT molecular complexity index is 1730. The molecule has 61 heavy (non-hydrogen) atoms. The minimum atomic E-state index is -3.16. The number of likely N-dealkylation sites (tertiary alicyclic amines) is 2. The number of amides is 2.